The molecular weight excluding hydrogens is 206 g/mol. The SMILES string of the molecule is Cc1c(Cl)cccc1C1CCCNCC1. The zero-order valence-electron chi connectivity index (χ0n) is 9.22. The molecule has 2 heteroatoms. The van der Waals surface area contributed by atoms with Gasteiger partial charge in [-0.05, 0) is 62.4 Å². The van der Waals surface area contributed by atoms with Gasteiger partial charge < -0.3 is 5.32 Å². The molecule has 0 aliphatic carbocycles. The molecule has 0 bridgehead atoms. The highest BCUT2D eigenvalue weighted by atomic mass is 35.5. The third kappa shape index (κ3) is 2.53. The first kappa shape index (κ1) is 11.0. The molecule has 1 nitrogen and oxygen atoms in total. The van der Waals surface area contributed by atoms with Gasteiger partial charge in [-0.1, -0.05) is 23.7 Å². The molecule has 0 spiro atoms. The van der Waals surface area contributed by atoms with Gasteiger partial charge in [-0.2, -0.15) is 0 Å². The minimum atomic E-state index is 0.693. The quantitative estimate of drug-likeness (QED) is 0.769. The Morgan fingerprint density at radius 3 is 3.00 bits per heavy atom. The van der Waals surface area contributed by atoms with Crippen molar-refractivity contribution < 1.29 is 0 Å². The molecule has 0 amide bonds. The van der Waals surface area contributed by atoms with Gasteiger partial charge in [0.25, 0.3) is 0 Å². The van der Waals surface area contributed by atoms with E-state index in [4.69, 9.17) is 11.6 Å². The fourth-order valence-electron chi connectivity index (χ4n) is 2.40. The molecule has 1 unspecified atom stereocenters. The van der Waals surface area contributed by atoms with Gasteiger partial charge in [0.1, 0.15) is 0 Å². The molecule has 1 N–H and O–H groups in total. The smallest absolute Gasteiger partial charge is 0.0438 e. The summed E-state index contributed by atoms with van der Waals surface area (Å²) >= 11 is 6.16. The average molecular weight is 224 g/mol. The fraction of sp³-hybridized carbons (Fsp3) is 0.538. The number of rotatable bonds is 1. The van der Waals surface area contributed by atoms with Crippen molar-refractivity contribution in [2.24, 2.45) is 0 Å². The predicted molar refractivity (Wildman–Crippen MR) is 65.7 cm³/mol. The maximum absolute atomic E-state index is 6.16. The van der Waals surface area contributed by atoms with Gasteiger partial charge >= 0.3 is 0 Å². The minimum absolute atomic E-state index is 0.693. The van der Waals surface area contributed by atoms with Crippen LogP contribution in [0.2, 0.25) is 5.02 Å². The van der Waals surface area contributed by atoms with Crippen molar-refractivity contribution in [1.82, 2.24) is 5.32 Å². The molecule has 1 saturated heterocycles. The largest absolute Gasteiger partial charge is 0.317 e. The number of benzene rings is 1. The van der Waals surface area contributed by atoms with E-state index < -0.39 is 0 Å². The lowest BCUT2D eigenvalue weighted by molar-refractivity contribution is 0.606. The van der Waals surface area contributed by atoms with E-state index in [0.29, 0.717) is 5.92 Å². The molecule has 1 heterocycles. The van der Waals surface area contributed by atoms with Gasteiger partial charge in [0.2, 0.25) is 0 Å². The highest BCUT2D eigenvalue weighted by molar-refractivity contribution is 6.31. The molecule has 1 aromatic carbocycles. The second kappa shape index (κ2) is 5.00. The molecule has 15 heavy (non-hydrogen) atoms. The van der Waals surface area contributed by atoms with E-state index in [9.17, 15) is 0 Å². The van der Waals surface area contributed by atoms with Gasteiger partial charge in [0, 0.05) is 5.02 Å². The van der Waals surface area contributed by atoms with Gasteiger partial charge in [0.15, 0.2) is 0 Å². The Balaban J connectivity index is 2.23. The molecule has 0 aromatic heterocycles. The Morgan fingerprint density at radius 1 is 1.27 bits per heavy atom. The van der Waals surface area contributed by atoms with Crippen LogP contribution in [-0.2, 0) is 0 Å². The summed E-state index contributed by atoms with van der Waals surface area (Å²) in [7, 11) is 0. The van der Waals surface area contributed by atoms with Crippen LogP contribution in [-0.4, -0.2) is 13.1 Å². The zero-order chi connectivity index (χ0) is 10.7. The van der Waals surface area contributed by atoms with Gasteiger partial charge in [-0.25, -0.2) is 0 Å². The van der Waals surface area contributed by atoms with Crippen molar-refractivity contribution >= 4 is 11.6 Å². The molecule has 1 aliphatic rings. The maximum atomic E-state index is 6.16. The minimum Gasteiger partial charge on any atom is -0.317 e. The summed E-state index contributed by atoms with van der Waals surface area (Å²) in [5.41, 5.74) is 2.72. The Kier molecular flexibility index (Phi) is 3.66. The molecule has 1 aliphatic heterocycles. The van der Waals surface area contributed by atoms with Crippen molar-refractivity contribution in [2.75, 3.05) is 13.1 Å². The molecule has 1 atom stereocenters. The standard InChI is InChI=1S/C13H18ClN/c1-10-12(5-2-6-13(10)14)11-4-3-8-15-9-7-11/h2,5-6,11,15H,3-4,7-9H2,1H3. The summed E-state index contributed by atoms with van der Waals surface area (Å²) < 4.78 is 0. The molecule has 1 aromatic rings. The van der Waals surface area contributed by atoms with Crippen LogP contribution in [0.25, 0.3) is 0 Å². The van der Waals surface area contributed by atoms with Crippen LogP contribution >= 0.6 is 11.6 Å². The normalized spacial score (nSPS) is 22.4. The second-order valence-corrected chi connectivity index (χ2v) is 4.74. The number of hydrogen-bond acceptors (Lipinski definition) is 1. The van der Waals surface area contributed by atoms with E-state index in [2.05, 4.69) is 24.4 Å². The highest BCUT2D eigenvalue weighted by Gasteiger charge is 2.16. The molecule has 2 rings (SSSR count). The van der Waals surface area contributed by atoms with Crippen molar-refractivity contribution in [3.8, 4) is 0 Å². The van der Waals surface area contributed by atoms with Crippen LogP contribution in [0, 0.1) is 6.92 Å². The van der Waals surface area contributed by atoms with Gasteiger partial charge in [-0.15, -0.1) is 0 Å². The summed E-state index contributed by atoms with van der Waals surface area (Å²) in [5.74, 6) is 0.693. The van der Waals surface area contributed by atoms with Gasteiger partial charge in [-0.3, -0.25) is 0 Å². The van der Waals surface area contributed by atoms with Crippen LogP contribution in [0.4, 0.5) is 0 Å². The first-order chi connectivity index (χ1) is 7.29. The molecule has 1 fully saturated rings. The van der Waals surface area contributed by atoms with Crippen LogP contribution < -0.4 is 5.32 Å². The number of halogens is 1. The lowest BCUT2D eigenvalue weighted by Gasteiger charge is -2.17. The van der Waals surface area contributed by atoms with Crippen LogP contribution in [0.1, 0.15) is 36.3 Å². The summed E-state index contributed by atoms with van der Waals surface area (Å²) in [6, 6.07) is 6.29. The summed E-state index contributed by atoms with van der Waals surface area (Å²) in [4.78, 5) is 0. The van der Waals surface area contributed by atoms with E-state index in [-0.39, 0.29) is 0 Å². The van der Waals surface area contributed by atoms with Crippen molar-refractivity contribution in [3.05, 3.63) is 34.3 Å². The van der Waals surface area contributed by atoms with Crippen molar-refractivity contribution in [1.29, 1.82) is 0 Å². The zero-order valence-corrected chi connectivity index (χ0v) is 9.98. The van der Waals surface area contributed by atoms with E-state index in [1.54, 1.807) is 0 Å². The highest BCUT2D eigenvalue weighted by Crippen LogP contribution is 2.31. The Morgan fingerprint density at radius 2 is 2.13 bits per heavy atom. The van der Waals surface area contributed by atoms with Crippen LogP contribution in [0.3, 0.4) is 0 Å². The van der Waals surface area contributed by atoms with Gasteiger partial charge in [0.05, 0.1) is 0 Å². The third-order valence-electron chi connectivity index (χ3n) is 3.33. The van der Waals surface area contributed by atoms with E-state index >= 15 is 0 Å². The Bertz CT molecular complexity index is 327. The van der Waals surface area contributed by atoms with Crippen LogP contribution in [0.15, 0.2) is 18.2 Å². The molecule has 0 saturated carbocycles. The van der Waals surface area contributed by atoms with Crippen molar-refractivity contribution in [3.63, 3.8) is 0 Å². The maximum Gasteiger partial charge on any atom is 0.0438 e. The molecule has 82 valence electrons. The second-order valence-electron chi connectivity index (χ2n) is 4.33. The Labute approximate surface area is 96.8 Å². The monoisotopic (exact) mass is 223 g/mol. The van der Waals surface area contributed by atoms with E-state index in [1.807, 2.05) is 6.07 Å². The summed E-state index contributed by atoms with van der Waals surface area (Å²) in [6.45, 7) is 4.43. The topological polar surface area (TPSA) is 12.0 Å². The summed E-state index contributed by atoms with van der Waals surface area (Å²) in [6.07, 6.45) is 3.80. The van der Waals surface area contributed by atoms with E-state index in [1.165, 1.54) is 30.4 Å². The predicted octanol–water partition coefficient (Wildman–Crippen LogP) is 3.51. The van der Waals surface area contributed by atoms with E-state index in [0.717, 1.165) is 18.1 Å². The third-order valence-corrected chi connectivity index (χ3v) is 3.73. The lowest BCUT2D eigenvalue weighted by atomic mass is 9.89. The molecular formula is C13H18ClN. The number of hydrogen-bond donors (Lipinski definition) is 1. The molecule has 0 radical (unpaired) electrons. The fourth-order valence-corrected chi connectivity index (χ4v) is 2.58. The lowest BCUT2D eigenvalue weighted by Crippen LogP contribution is -2.13. The van der Waals surface area contributed by atoms with Crippen LogP contribution in [0.5, 0.6) is 0 Å². The first-order valence-corrected chi connectivity index (χ1v) is 6.12. The number of nitrogens with one attached hydrogen (secondary N) is 1. The first-order valence-electron chi connectivity index (χ1n) is 5.75. The average Bonchev–Trinajstić information content (AvgIpc) is 2.50. The van der Waals surface area contributed by atoms with Crippen molar-refractivity contribution in [2.45, 2.75) is 32.1 Å². The summed E-state index contributed by atoms with van der Waals surface area (Å²) in [5, 5.41) is 4.36. The Hall–Kier alpha value is -0.530.